The molecule has 3 rings (SSSR count). The lowest BCUT2D eigenvalue weighted by molar-refractivity contribution is -0.176. The highest BCUT2D eigenvalue weighted by molar-refractivity contribution is 5.80. The predicted molar refractivity (Wildman–Crippen MR) is 71.5 cm³/mol. The van der Waals surface area contributed by atoms with Crippen molar-refractivity contribution >= 4 is 22.7 Å². The maximum absolute atomic E-state index is 12.8. The minimum Gasteiger partial charge on any atom is -0.399 e. The standard InChI is InChI=1S/C13H15F3N4/c14-13(15,16)8-2-1-5-20(7-8)12-18-10-4-3-9(17)6-11(10)19-12/h3-4,6,8H,1-2,5,7,17H2,(H,18,19). The molecule has 1 atom stereocenters. The molecule has 1 aliphatic rings. The van der Waals surface area contributed by atoms with Gasteiger partial charge in [0.1, 0.15) is 0 Å². The van der Waals surface area contributed by atoms with Gasteiger partial charge in [0.15, 0.2) is 0 Å². The van der Waals surface area contributed by atoms with Gasteiger partial charge in [-0.25, -0.2) is 4.98 Å². The number of hydrogen-bond donors (Lipinski definition) is 2. The van der Waals surface area contributed by atoms with Gasteiger partial charge in [-0.1, -0.05) is 0 Å². The van der Waals surface area contributed by atoms with Gasteiger partial charge in [-0.05, 0) is 31.0 Å². The first-order valence-corrected chi connectivity index (χ1v) is 6.50. The van der Waals surface area contributed by atoms with Crippen LogP contribution in [0.2, 0.25) is 0 Å². The van der Waals surface area contributed by atoms with Crippen molar-refractivity contribution in [2.75, 3.05) is 23.7 Å². The highest BCUT2D eigenvalue weighted by Crippen LogP contribution is 2.34. The third-order valence-corrected chi connectivity index (χ3v) is 3.68. The summed E-state index contributed by atoms with van der Waals surface area (Å²) in [4.78, 5) is 9.05. The van der Waals surface area contributed by atoms with Crippen LogP contribution in [0.4, 0.5) is 24.8 Å². The molecule has 0 saturated carbocycles. The van der Waals surface area contributed by atoms with Crippen LogP contribution in [0.5, 0.6) is 0 Å². The number of imidazole rings is 1. The van der Waals surface area contributed by atoms with Crippen molar-refractivity contribution in [1.29, 1.82) is 0 Å². The van der Waals surface area contributed by atoms with Crippen LogP contribution in [0.1, 0.15) is 12.8 Å². The van der Waals surface area contributed by atoms with Crippen molar-refractivity contribution in [3.63, 3.8) is 0 Å². The van der Waals surface area contributed by atoms with Gasteiger partial charge in [0, 0.05) is 18.8 Å². The molecule has 4 nitrogen and oxygen atoms in total. The summed E-state index contributed by atoms with van der Waals surface area (Å²) < 4.78 is 38.4. The van der Waals surface area contributed by atoms with E-state index in [1.807, 2.05) is 0 Å². The number of alkyl halides is 3. The lowest BCUT2D eigenvalue weighted by Gasteiger charge is -2.33. The molecule has 1 aromatic carbocycles. The van der Waals surface area contributed by atoms with E-state index in [2.05, 4.69) is 9.97 Å². The van der Waals surface area contributed by atoms with Gasteiger partial charge in [0.2, 0.25) is 5.95 Å². The summed E-state index contributed by atoms with van der Waals surface area (Å²) in [6, 6.07) is 5.22. The van der Waals surface area contributed by atoms with Gasteiger partial charge in [-0.3, -0.25) is 0 Å². The minimum absolute atomic E-state index is 0.0429. The number of aromatic nitrogens is 2. The largest absolute Gasteiger partial charge is 0.399 e. The van der Waals surface area contributed by atoms with Crippen LogP contribution >= 0.6 is 0 Å². The molecule has 1 saturated heterocycles. The van der Waals surface area contributed by atoms with Crippen molar-refractivity contribution in [2.24, 2.45) is 5.92 Å². The van der Waals surface area contributed by atoms with Gasteiger partial charge in [0.05, 0.1) is 17.0 Å². The van der Waals surface area contributed by atoms with Crippen molar-refractivity contribution in [1.82, 2.24) is 9.97 Å². The van der Waals surface area contributed by atoms with E-state index in [1.54, 1.807) is 23.1 Å². The number of hydrogen-bond acceptors (Lipinski definition) is 3. The summed E-state index contributed by atoms with van der Waals surface area (Å²) in [6.07, 6.45) is -3.44. The predicted octanol–water partition coefficient (Wildman–Crippen LogP) is 2.92. The first-order chi connectivity index (χ1) is 9.43. The maximum atomic E-state index is 12.8. The number of rotatable bonds is 1. The molecule has 0 bridgehead atoms. The summed E-state index contributed by atoms with van der Waals surface area (Å²) in [5.41, 5.74) is 7.73. The number of fused-ring (bicyclic) bond motifs is 1. The number of nitrogens with zero attached hydrogens (tertiary/aromatic N) is 2. The second-order valence-corrected chi connectivity index (χ2v) is 5.16. The van der Waals surface area contributed by atoms with Crippen molar-refractivity contribution in [3.8, 4) is 0 Å². The Morgan fingerprint density at radius 1 is 1.35 bits per heavy atom. The third kappa shape index (κ3) is 2.39. The molecule has 0 spiro atoms. The quantitative estimate of drug-likeness (QED) is 0.792. The number of H-pyrrole nitrogens is 1. The molecule has 1 aromatic heterocycles. The van der Waals surface area contributed by atoms with Crippen LogP contribution in [0, 0.1) is 5.92 Å². The third-order valence-electron chi connectivity index (χ3n) is 3.68. The van der Waals surface area contributed by atoms with Gasteiger partial charge in [-0.15, -0.1) is 0 Å². The van der Waals surface area contributed by atoms with Gasteiger partial charge in [-0.2, -0.15) is 13.2 Å². The number of piperidine rings is 1. The van der Waals surface area contributed by atoms with Crippen LogP contribution in [-0.2, 0) is 0 Å². The summed E-state index contributed by atoms with van der Waals surface area (Å²) in [5.74, 6) is -0.797. The van der Waals surface area contributed by atoms with E-state index in [-0.39, 0.29) is 13.0 Å². The van der Waals surface area contributed by atoms with E-state index in [1.165, 1.54) is 0 Å². The Hall–Kier alpha value is -1.92. The Labute approximate surface area is 113 Å². The van der Waals surface area contributed by atoms with Crippen LogP contribution in [0.25, 0.3) is 11.0 Å². The molecule has 108 valence electrons. The molecule has 1 aliphatic heterocycles. The van der Waals surface area contributed by atoms with Crippen LogP contribution in [0.15, 0.2) is 18.2 Å². The summed E-state index contributed by atoms with van der Waals surface area (Å²) >= 11 is 0. The average molecular weight is 284 g/mol. The van der Waals surface area contributed by atoms with Crippen molar-refractivity contribution in [3.05, 3.63) is 18.2 Å². The molecule has 7 heteroatoms. The summed E-state index contributed by atoms with van der Waals surface area (Å²) in [7, 11) is 0. The zero-order valence-corrected chi connectivity index (χ0v) is 10.7. The smallest absolute Gasteiger partial charge is 0.393 e. The van der Waals surface area contributed by atoms with E-state index < -0.39 is 12.1 Å². The molecule has 2 heterocycles. The Morgan fingerprint density at radius 3 is 2.90 bits per heavy atom. The van der Waals surface area contributed by atoms with E-state index in [0.29, 0.717) is 30.1 Å². The molecule has 1 fully saturated rings. The number of nitrogens with two attached hydrogens (primary N) is 1. The molecular weight excluding hydrogens is 269 g/mol. The van der Waals surface area contributed by atoms with Gasteiger partial charge in [0.25, 0.3) is 0 Å². The summed E-state index contributed by atoms with van der Waals surface area (Å²) in [6.45, 7) is 0.542. The normalized spacial score (nSPS) is 20.6. The molecule has 2 aromatic rings. The topological polar surface area (TPSA) is 57.9 Å². The van der Waals surface area contributed by atoms with Crippen LogP contribution < -0.4 is 10.6 Å². The first-order valence-electron chi connectivity index (χ1n) is 6.50. The first kappa shape index (κ1) is 13.1. The fraction of sp³-hybridized carbons (Fsp3) is 0.462. The number of aromatic amines is 1. The molecule has 0 amide bonds. The second-order valence-electron chi connectivity index (χ2n) is 5.16. The van der Waals surface area contributed by atoms with Crippen LogP contribution in [-0.4, -0.2) is 29.2 Å². The highest BCUT2D eigenvalue weighted by Gasteiger charge is 2.42. The van der Waals surface area contributed by atoms with Crippen LogP contribution in [0.3, 0.4) is 0 Å². The Morgan fingerprint density at radius 2 is 2.15 bits per heavy atom. The SMILES string of the molecule is Nc1ccc2nc(N3CCCC(C(F)(F)F)C3)[nH]c2c1. The Bertz CT molecular complexity index is 620. The zero-order valence-electron chi connectivity index (χ0n) is 10.7. The number of nitrogen functional groups attached to an aromatic ring is 1. The lowest BCUT2D eigenvalue weighted by atomic mass is 9.98. The number of benzene rings is 1. The fourth-order valence-corrected chi connectivity index (χ4v) is 2.60. The number of anilines is 2. The van der Waals surface area contributed by atoms with Gasteiger partial charge < -0.3 is 15.6 Å². The number of nitrogens with one attached hydrogen (secondary N) is 1. The molecular formula is C13H15F3N4. The van der Waals surface area contributed by atoms with E-state index in [9.17, 15) is 13.2 Å². The second kappa shape index (κ2) is 4.57. The lowest BCUT2D eigenvalue weighted by Crippen LogP contribution is -2.42. The van der Waals surface area contributed by atoms with E-state index >= 15 is 0 Å². The number of halogens is 3. The molecule has 0 radical (unpaired) electrons. The monoisotopic (exact) mass is 284 g/mol. The minimum atomic E-state index is -4.14. The summed E-state index contributed by atoms with van der Waals surface area (Å²) in [5, 5.41) is 0. The highest BCUT2D eigenvalue weighted by atomic mass is 19.4. The molecule has 1 unspecified atom stereocenters. The van der Waals surface area contributed by atoms with E-state index in [0.717, 1.165) is 5.52 Å². The average Bonchev–Trinajstić information content (AvgIpc) is 2.81. The molecule has 0 aliphatic carbocycles. The van der Waals surface area contributed by atoms with Gasteiger partial charge >= 0.3 is 6.18 Å². The fourth-order valence-electron chi connectivity index (χ4n) is 2.60. The molecule has 20 heavy (non-hydrogen) atoms. The molecule has 3 N–H and O–H groups in total. The van der Waals surface area contributed by atoms with E-state index in [4.69, 9.17) is 5.73 Å². The van der Waals surface area contributed by atoms with Crippen molar-refractivity contribution < 1.29 is 13.2 Å². The Kier molecular flexibility index (Phi) is 2.99. The van der Waals surface area contributed by atoms with Crippen molar-refractivity contribution in [2.45, 2.75) is 19.0 Å². The Balaban J connectivity index is 1.87. The zero-order chi connectivity index (χ0) is 14.3. The maximum Gasteiger partial charge on any atom is 0.393 e.